The van der Waals surface area contributed by atoms with Gasteiger partial charge in [0.1, 0.15) is 0 Å². The lowest BCUT2D eigenvalue weighted by atomic mass is 9.87. The molecule has 0 radical (unpaired) electrons. The van der Waals surface area contributed by atoms with Crippen LogP contribution in [0.2, 0.25) is 0 Å². The van der Waals surface area contributed by atoms with Gasteiger partial charge in [-0.25, -0.2) is 4.79 Å². The monoisotopic (exact) mass is 150 g/mol. The smallest absolute Gasteiger partial charge is 0.334 e. The van der Waals surface area contributed by atoms with Gasteiger partial charge >= 0.3 is 5.97 Å². The lowest BCUT2D eigenvalue weighted by molar-refractivity contribution is -0.142. The molecule has 0 spiro atoms. The van der Waals surface area contributed by atoms with E-state index in [4.69, 9.17) is 4.74 Å². The van der Waals surface area contributed by atoms with Gasteiger partial charge in [-0.15, -0.1) is 0 Å². The summed E-state index contributed by atoms with van der Waals surface area (Å²) in [5.74, 6) is 0.312. The van der Waals surface area contributed by atoms with Gasteiger partial charge in [-0.1, -0.05) is 18.2 Å². The predicted octanol–water partition coefficient (Wildman–Crippen LogP) is 1.44. The highest BCUT2D eigenvalue weighted by molar-refractivity contribution is 5.90. The maximum absolute atomic E-state index is 11.1. The largest absolute Gasteiger partial charge is 0.462 e. The highest BCUT2D eigenvalue weighted by Gasteiger charge is 2.26. The van der Waals surface area contributed by atoms with Crippen LogP contribution in [0.1, 0.15) is 12.8 Å². The summed E-state index contributed by atoms with van der Waals surface area (Å²) in [5.41, 5.74) is 0.860. The summed E-state index contributed by atoms with van der Waals surface area (Å²) in [7, 11) is 0. The van der Waals surface area contributed by atoms with Crippen molar-refractivity contribution in [3.63, 3.8) is 0 Å². The Kier molecular flexibility index (Phi) is 1.53. The third-order valence-electron chi connectivity index (χ3n) is 2.21. The van der Waals surface area contributed by atoms with Gasteiger partial charge in [0.2, 0.25) is 0 Å². The summed E-state index contributed by atoms with van der Waals surface area (Å²) in [4.78, 5) is 11.1. The molecule has 0 N–H and O–H groups in total. The third kappa shape index (κ3) is 1.09. The number of hydrogen-bond acceptors (Lipinski definition) is 2. The van der Waals surface area contributed by atoms with Crippen LogP contribution in [0.4, 0.5) is 0 Å². The first-order valence-corrected chi connectivity index (χ1v) is 3.92. The minimum absolute atomic E-state index is 0.120. The van der Waals surface area contributed by atoms with Crippen LogP contribution in [0.3, 0.4) is 0 Å². The second-order valence-electron chi connectivity index (χ2n) is 2.91. The van der Waals surface area contributed by atoms with E-state index in [9.17, 15) is 4.79 Å². The normalized spacial score (nSPS) is 28.9. The van der Waals surface area contributed by atoms with E-state index >= 15 is 0 Å². The zero-order chi connectivity index (χ0) is 7.68. The number of hydrogen-bond donors (Lipinski definition) is 0. The first-order chi connectivity index (χ1) is 5.38. The number of carbonyl (C=O) groups excluding carboxylic acids is 1. The van der Waals surface area contributed by atoms with Crippen LogP contribution in [-0.2, 0) is 9.53 Å². The molecule has 1 aliphatic heterocycles. The van der Waals surface area contributed by atoms with Crippen LogP contribution < -0.4 is 0 Å². The zero-order valence-electron chi connectivity index (χ0n) is 6.25. The fourth-order valence-electron chi connectivity index (χ4n) is 1.56. The SMILES string of the molecule is O=C1OCCC2CC=CC=C12. The molecule has 0 aromatic rings. The van der Waals surface area contributed by atoms with Crippen LogP contribution in [-0.4, -0.2) is 12.6 Å². The van der Waals surface area contributed by atoms with Gasteiger partial charge in [-0.05, 0) is 18.8 Å². The first kappa shape index (κ1) is 6.65. The highest BCUT2D eigenvalue weighted by Crippen LogP contribution is 2.28. The van der Waals surface area contributed by atoms with E-state index in [1.165, 1.54) is 0 Å². The Labute approximate surface area is 65.5 Å². The summed E-state index contributed by atoms with van der Waals surface area (Å²) in [6.07, 6.45) is 7.89. The van der Waals surface area contributed by atoms with Crippen molar-refractivity contribution < 1.29 is 9.53 Å². The van der Waals surface area contributed by atoms with E-state index in [1.54, 1.807) is 0 Å². The van der Waals surface area contributed by atoms with Crippen molar-refractivity contribution in [2.75, 3.05) is 6.61 Å². The van der Waals surface area contributed by atoms with Crippen LogP contribution in [0.25, 0.3) is 0 Å². The van der Waals surface area contributed by atoms with Crippen molar-refractivity contribution in [1.82, 2.24) is 0 Å². The second kappa shape index (κ2) is 2.53. The van der Waals surface area contributed by atoms with E-state index < -0.39 is 0 Å². The number of cyclic esters (lactones) is 1. The molecular formula is C9H10O2. The van der Waals surface area contributed by atoms with Gasteiger partial charge in [0, 0.05) is 5.57 Å². The fourth-order valence-corrected chi connectivity index (χ4v) is 1.56. The van der Waals surface area contributed by atoms with Gasteiger partial charge in [0.15, 0.2) is 0 Å². The Bertz CT molecular complexity index is 238. The molecule has 2 aliphatic rings. The van der Waals surface area contributed by atoms with E-state index in [-0.39, 0.29) is 5.97 Å². The number of rotatable bonds is 0. The number of fused-ring (bicyclic) bond motifs is 1. The lowest BCUT2D eigenvalue weighted by Crippen LogP contribution is -2.24. The molecule has 2 rings (SSSR count). The van der Waals surface area contributed by atoms with Crippen molar-refractivity contribution in [3.05, 3.63) is 23.8 Å². The highest BCUT2D eigenvalue weighted by atomic mass is 16.5. The average molecular weight is 150 g/mol. The number of carbonyl (C=O) groups is 1. The molecule has 0 saturated carbocycles. The quantitative estimate of drug-likeness (QED) is 0.488. The van der Waals surface area contributed by atoms with Crippen molar-refractivity contribution in [2.45, 2.75) is 12.8 Å². The van der Waals surface area contributed by atoms with Crippen molar-refractivity contribution in [1.29, 1.82) is 0 Å². The molecule has 0 bridgehead atoms. The van der Waals surface area contributed by atoms with E-state index in [1.807, 2.05) is 12.2 Å². The molecule has 1 heterocycles. The minimum Gasteiger partial charge on any atom is -0.462 e. The summed E-state index contributed by atoms with van der Waals surface area (Å²) in [6, 6.07) is 0. The summed E-state index contributed by atoms with van der Waals surface area (Å²) in [5, 5.41) is 0. The van der Waals surface area contributed by atoms with Gasteiger partial charge in [0.25, 0.3) is 0 Å². The third-order valence-corrected chi connectivity index (χ3v) is 2.21. The predicted molar refractivity (Wildman–Crippen MR) is 40.9 cm³/mol. The summed E-state index contributed by atoms with van der Waals surface area (Å²) in [6.45, 7) is 0.592. The fraction of sp³-hybridized carbons (Fsp3) is 0.444. The standard InChI is InChI=1S/C9H10O2/c10-9-8-4-2-1-3-7(8)5-6-11-9/h1-2,4,7H,3,5-6H2. The maximum Gasteiger partial charge on any atom is 0.334 e. The van der Waals surface area contributed by atoms with Crippen molar-refractivity contribution in [3.8, 4) is 0 Å². The molecule has 1 atom stereocenters. The zero-order valence-corrected chi connectivity index (χ0v) is 6.25. The summed E-state index contributed by atoms with van der Waals surface area (Å²) >= 11 is 0. The van der Waals surface area contributed by atoms with Gasteiger partial charge < -0.3 is 4.74 Å². The Morgan fingerprint density at radius 2 is 2.45 bits per heavy atom. The topological polar surface area (TPSA) is 26.3 Å². The Morgan fingerprint density at radius 3 is 3.27 bits per heavy atom. The second-order valence-corrected chi connectivity index (χ2v) is 2.91. The van der Waals surface area contributed by atoms with E-state index in [0.717, 1.165) is 18.4 Å². The van der Waals surface area contributed by atoms with Gasteiger partial charge in [0.05, 0.1) is 6.61 Å². The average Bonchev–Trinajstić information content (AvgIpc) is 2.06. The van der Waals surface area contributed by atoms with Crippen LogP contribution in [0.5, 0.6) is 0 Å². The Balaban J connectivity index is 2.27. The van der Waals surface area contributed by atoms with Crippen molar-refractivity contribution >= 4 is 5.97 Å². The molecule has 1 fully saturated rings. The Morgan fingerprint density at radius 1 is 1.55 bits per heavy atom. The van der Waals surface area contributed by atoms with Crippen molar-refractivity contribution in [2.24, 2.45) is 5.92 Å². The van der Waals surface area contributed by atoms with Crippen LogP contribution in [0, 0.1) is 5.92 Å². The van der Waals surface area contributed by atoms with E-state index in [0.29, 0.717) is 12.5 Å². The lowest BCUT2D eigenvalue weighted by Gasteiger charge is -2.24. The molecule has 1 aliphatic carbocycles. The maximum atomic E-state index is 11.1. The molecule has 1 saturated heterocycles. The molecule has 11 heavy (non-hydrogen) atoms. The van der Waals surface area contributed by atoms with Crippen LogP contribution in [0.15, 0.2) is 23.8 Å². The number of esters is 1. The molecular weight excluding hydrogens is 140 g/mol. The minimum atomic E-state index is -0.120. The van der Waals surface area contributed by atoms with Gasteiger partial charge in [-0.3, -0.25) is 0 Å². The molecule has 2 nitrogen and oxygen atoms in total. The molecule has 1 unspecified atom stereocenters. The molecule has 58 valence electrons. The Hall–Kier alpha value is -1.05. The number of ether oxygens (including phenoxy) is 1. The molecule has 0 aromatic carbocycles. The number of allylic oxidation sites excluding steroid dienone is 3. The molecule has 0 amide bonds. The van der Waals surface area contributed by atoms with Crippen LogP contribution >= 0.6 is 0 Å². The molecule has 2 heteroatoms. The van der Waals surface area contributed by atoms with E-state index in [2.05, 4.69) is 6.08 Å². The summed E-state index contributed by atoms with van der Waals surface area (Å²) < 4.78 is 4.91. The first-order valence-electron chi connectivity index (χ1n) is 3.92. The van der Waals surface area contributed by atoms with Gasteiger partial charge in [-0.2, -0.15) is 0 Å². The molecule has 0 aromatic heterocycles.